The second kappa shape index (κ2) is 7.25. The first-order chi connectivity index (χ1) is 9.72. The lowest BCUT2D eigenvalue weighted by molar-refractivity contribution is -0.118. The van der Waals surface area contributed by atoms with Crippen molar-refractivity contribution >= 4 is 46.2 Å². The van der Waals surface area contributed by atoms with Gasteiger partial charge in [-0.3, -0.25) is 4.79 Å². The van der Waals surface area contributed by atoms with Crippen LogP contribution in [0, 0.1) is 3.57 Å². The molecule has 7 nitrogen and oxygen atoms in total. The summed E-state index contributed by atoms with van der Waals surface area (Å²) in [6.07, 6.45) is 0. The number of aromatic carboxylic acids is 1. The fraction of sp³-hybridized carbons (Fsp3) is 0.308. The first-order valence-corrected chi connectivity index (χ1v) is 7.19. The van der Waals surface area contributed by atoms with Crippen molar-refractivity contribution in [2.24, 2.45) is 5.73 Å². The van der Waals surface area contributed by atoms with Gasteiger partial charge in [0.15, 0.2) is 0 Å². The smallest absolute Gasteiger partial charge is 0.337 e. The molecule has 1 aromatic rings. The molecule has 0 aliphatic heterocycles. The molecule has 114 valence electrons. The molecule has 0 aliphatic rings. The predicted molar refractivity (Wildman–Crippen MR) is 86.2 cm³/mol. The topological polar surface area (TPSA) is 113 Å². The minimum atomic E-state index is -1.14. The van der Waals surface area contributed by atoms with Crippen LogP contribution in [0.3, 0.4) is 0 Å². The Bertz CT molecular complexity index is 575. The number of hydrogen-bond acceptors (Lipinski definition) is 3. The molecule has 3 amide bonds. The van der Waals surface area contributed by atoms with Crippen LogP contribution in [-0.4, -0.2) is 40.5 Å². The average molecular weight is 405 g/mol. The Morgan fingerprint density at radius 3 is 2.48 bits per heavy atom. The van der Waals surface area contributed by atoms with Crippen molar-refractivity contribution in [3.05, 3.63) is 27.3 Å². The summed E-state index contributed by atoms with van der Waals surface area (Å²) in [5.41, 5.74) is 5.26. The third kappa shape index (κ3) is 4.88. The van der Waals surface area contributed by atoms with Crippen LogP contribution in [0.25, 0.3) is 0 Å². The van der Waals surface area contributed by atoms with E-state index in [9.17, 15) is 14.4 Å². The number of nitrogens with two attached hydrogens (primary N) is 1. The van der Waals surface area contributed by atoms with E-state index in [1.54, 1.807) is 19.9 Å². The lowest BCUT2D eigenvalue weighted by Crippen LogP contribution is -2.45. The zero-order valence-electron chi connectivity index (χ0n) is 11.6. The van der Waals surface area contributed by atoms with Gasteiger partial charge in [-0.2, -0.15) is 0 Å². The van der Waals surface area contributed by atoms with Crippen molar-refractivity contribution in [1.29, 1.82) is 0 Å². The maximum Gasteiger partial charge on any atom is 0.337 e. The lowest BCUT2D eigenvalue weighted by atomic mass is 10.2. The summed E-state index contributed by atoms with van der Waals surface area (Å²) in [4.78, 5) is 35.6. The van der Waals surface area contributed by atoms with E-state index >= 15 is 0 Å². The number of carbonyl (C=O) groups is 3. The molecular weight excluding hydrogens is 389 g/mol. The lowest BCUT2D eigenvalue weighted by Gasteiger charge is -2.25. The summed E-state index contributed by atoms with van der Waals surface area (Å²) in [7, 11) is 0. The zero-order chi connectivity index (χ0) is 16.2. The number of primary amides is 1. The molecule has 21 heavy (non-hydrogen) atoms. The third-order valence-electron chi connectivity index (χ3n) is 2.66. The number of anilines is 1. The van der Waals surface area contributed by atoms with Crippen molar-refractivity contribution in [2.75, 3.05) is 11.9 Å². The molecule has 4 N–H and O–H groups in total. The number of halogens is 1. The number of rotatable bonds is 5. The number of urea groups is 1. The molecule has 0 aliphatic carbocycles. The second-order valence-electron chi connectivity index (χ2n) is 4.61. The summed E-state index contributed by atoms with van der Waals surface area (Å²) in [5.74, 6) is -1.78. The minimum absolute atomic E-state index is 0.0157. The predicted octanol–water partition coefficient (Wildman–Crippen LogP) is 1.72. The Kier molecular flexibility index (Phi) is 5.94. The highest BCUT2D eigenvalue weighted by atomic mass is 127. The van der Waals surface area contributed by atoms with Gasteiger partial charge in [-0.15, -0.1) is 0 Å². The Hall–Kier alpha value is -1.84. The number of nitrogens with zero attached hydrogens (tertiary/aromatic N) is 1. The molecule has 0 atom stereocenters. The van der Waals surface area contributed by atoms with E-state index in [1.165, 1.54) is 17.0 Å². The van der Waals surface area contributed by atoms with Crippen LogP contribution in [0.5, 0.6) is 0 Å². The van der Waals surface area contributed by atoms with Crippen molar-refractivity contribution in [3.8, 4) is 0 Å². The van der Waals surface area contributed by atoms with E-state index in [2.05, 4.69) is 5.32 Å². The van der Waals surface area contributed by atoms with Gasteiger partial charge in [-0.25, -0.2) is 9.59 Å². The number of benzene rings is 1. The maximum atomic E-state index is 12.2. The van der Waals surface area contributed by atoms with Gasteiger partial charge in [0, 0.05) is 9.61 Å². The molecule has 0 radical (unpaired) electrons. The number of carbonyl (C=O) groups excluding carboxylic acids is 2. The Morgan fingerprint density at radius 2 is 2.00 bits per heavy atom. The van der Waals surface area contributed by atoms with Crippen LogP contribution >= 0.6 is 22.6 Å². The summed E-state index contributed by atoms with van der Waals surface area (Å²) in [6.45, 7) is 3.22. The van der Waals surface area contributed by atoms with Crippen molar-refractivity contribution in [3.63, 3.8) is 0 Å². The molecule has 0 fully saturated rings. The van der Waals surface area contributed by atoms with Gasteiger partial charge in [0.2, 0.25) is 5.91 Å². The molecule has 8 heteroatoms. The molecule has 0 heterocycles. The fourth-order valence-electron chi connectivity index (χ4n) is 1.65. The van der Waals surface area contributed by atoms with Gasteiger partial charge in [-0.1, -0.05) is 0 Å². The van der Waals surface area contributed by atoms with Crippen molar-refractivity contribution < 1.29 is 19.5 Å². The zero-order valence-corrected chi connectivity index (χ0v) is 13.7. The molecule has 0 saturated carbocycles. The van der Waals surface area contributed by atoms with Gasteiger partial charge in [0.05, 0.1) is 11.3 Å². The molecule has 1 rings (SSSR count). The van der Waals surface area contributed by atoms with E-state index < -0.39 is 17.9 Å². The molecule has 0 unspecified atom stereocenters. The number of amides is 3. The van der Waals surface area contributed by atoms with Crippen molar-refractivity contribution in [2.45, 2.75) is 19.9 Å². The summed E-state index contributed by atoms with van der Waals surface area (Å²) >= 11 is 1.98. The number of nitrogens with one attached hydrogen (secondary N) is 1. The summed E-state index contributed by atoms with van der Waals surface area (Å²) < 4.78 is 0.737. The number of carboxylic acids is 1. The fourth-order valence-corrected chi connectivity index (χ4v) is 2.14. The highest BCUT2D eigenvalue weighted by molar-refractivity contribution is 14.1. The molecule has 0 saturated heterocycles. The Balaban J connectivity index is 3.01. The first kappa shape index (κ1) is 17.2. The SMILES string of the molecule is CC(C)N(CC(N)=O)C(=O)Nc1ccc(I)cc1C(=O)O. The Labute approximate surface area is 135 Å². The molecule has 0 spiro atoms. The quantitative estimate of drug-likeness (QED) is 0.648. The average Bonchev–Trinajstić information content (AvgIpc) is 2.37. The largest absolute Gasteiger partial charge is 0.478 e. The maximum absolute atomic E-state index is 12.2. The summed E-state index contributed by atoms with van der Waals surface area (Å²) in [6, 6.07) is 3.80. The van der Waals surface area contributed by atoms with Gasteiger partial charge in [0.25, 0.3) is 0 Å². The Morgan fingerprint density at radius 1 is 1.38 bits per heavy atom. The van der Waals surface area contributed by atoms with Crippen molar-refractivity contribution in [1.82, 2.24) is 4.90 Å². The van der Waals surface area contributed by atoms with E-state index in [-0.39, 0.29) is 23.8 Å². The van der Waals surface area contributed by atoms with E-state index in [1.807, 2.05) is 22.6 Å². The van der Waals surface area contributed by atoms with Crippen LogP contribution < -0.4 is 11.1 Å². The van der Waals surface area contributed by atoms with Gasteiger partial charge in [-0.05, 0) is 54.6 Å². The molecular formula is C13H16IN3O4. The number of carboxylic acid groups (broad SMARTS) is 1. The van der Waals surface area contributed by atoms with Crippen LogP contribution in [0.2, 0.25) is 0 Å². The van der Waals surface area contributed by atoms with E-state index in [0.29, 0.717) is 0 Å². The third-order valence-corrected chi connectivity index (χ3v) is 3.34. The van der Waals surface area contributed by atoms with Gasteiger partial charge in [0.1, 0.15) is 6.54 Å². The molecule has 1 aromatic carbocycles. The second-order valence-corrected chi connectivity index (χ2v) is 5.86. The first-order valence-electron chi connectivity index (χ1n) is 6.11. The van der Waals surface area contributed by atoms with Crippen LogP contribution in [0.15, 0.2) is 18.2 Å². The molecule has 0 aromatic heterocycles. The van der Waals surface area contributed by atoms with Gasteiger partial charge < -0.3 is 21.1 Å². The number of hydrogen-bond donors (Lipinski definition) is 3. The summed E-state index contributed by atoms with van der Waals surface area (Å²) in [5, 5.41) is 11.7. The standard InChI is InChI=1S/C13H16IN3O4/c1-7(2)17(6-11(15)18)13(21)16-10-4-3-8(14)5-9(10)12(19)20/h3-5,7H,6H2,1-2H3,(H2,15,18)(H,16,21)(H,19,20). The molecule has 0 bridgehead atoms. The van der Waals surface area contributed by atoms with E-state index in [4.69, 9.17) is 10.8 Å². The monoisotopic (exact) mass is 405 g/mol. The van der Waals surface area contributed by atoms with Gasteiger partial charge >= 0.3 is 12.0 Å². The van der Waals surface area contributed by atoms with E-state index in [0.717, 1.165) is 3.57 Å². The normalized spacial score (nSPS) is 10.3. The minimum Gasteiger partial charge on any atom is -0.478 e. The van der Waals surface area contributed by atoms with Crippen LogP contribution in [0.4, 0.5) is 10.5 Å². The van der Waals surface area contributed by atoms with Crippen LogP contribution in [0.1, 0.15) is 24.2 Å². The van der Waals surface area contributed by atoms with Crippen LogP contribution in [-0.2, 0) is 4.79 Å². The highest BCUT2D eigenvalue weighted by Gasteiger charge is 2.21. The highest BCUT2D eigenvalue weighted by Crippen LogP contribution is 2.19.